The van der Waals surface area contributed by atoms with E-state index in [4.69, 9.17) is 15.6 Å². The molecule has 10 heteroatoms. The Labute approximate surface area is 239 Å². The number of carboxylic acids is 1. The number of ether oxygens (including phenoxy) is 1. The Morgan fingerprint density at radius 3 is 2.20 bits per heavy atom. The molecular formula is C30H50N4O6. The first-order valence-corrected chi connectivity index (χ1v) is 14.7. The van der Waals surface area contributed by atoms with Gasteiger partial charge in [0.1, 0.15) is 0 Å². The van der Waals surface area contributed by atoms with E-state index in [2.05, 4.69) is 10.3 Å². The normalized spacial score (nSPS) is 19.1. The van der Waals surface area contributed by atoms with E-state index in [9.17, 15) is 19.2 Å². The fourth-order valence-electron chi connectivity index (χ4n) is 4.93. The molecule has 2 aliphatic carbocycles. The first kappa shape index (κ1) is 35.0. The number of hydrogen-bond donors (Lipinski definition) is 3. The van der Waals surface area contributed by atoms with E-state index in [-0.39, 0.29) is 23.8 Å². The van der Waals surface area contributed by atoms with Crippen molar-refractivity contribution >= 4 is 24.2 Å². The molecule has 4 N–H and O–H groups in total. The van der Waals surface area contributed by atoms with Crippen LogP contribution in [0, 0.1) is 5.92 Å². The minimum Gasteiger partial charge on any atom is -0.481 e. The van der Waals surface area contributed by atoms with Crippen molar-refractivity contribution < 1.29 is 29.0 Å². The fourth-order valence-corrected chi connectivity index (χ4v) is 4.93. The molecular weight excluding hydrogens is 512 g/mol. The summed E-state index contributed by atoms with van der Waals surface area (Å²) in [5.74, 6) is -0.630. The van der Waals surface area contributed by atoms with Crippen LogP contribution in [0.5, 0.6) is 0 Å². The van der Waals surface area contributed by atoms with Crippen molar-refractivity contribution in [3.05, 3.63) is 30.1 Å². The van der Waals surface area contributed by atoms with Gasteiger partial charge >= 0.3 is 5.97 Å². The number of carboxylic acid groups (broad SMARTS) is 1. The maximum absolute atomic E-state index is 11.3. The quantitative estimate of drug-likeness (QED) is 0.298. The van der Waals surface area contributed by atoms with Gasteiger partial charge in [0, 0.05) is 45.4 Å². The summed E-state index contributed by atoms with van der Waals surface area (Å²) >= 11 is 0. The number of nitrogens with zero attached hydrogens (tertiary/aromatic N) is 2. The number of primary amides is 1. The van der Waals surface area contributed by atoms with E-state index in [0.29, 0.717) is 32.0 Å². The van der Waals surface area contributed by atoms with Crippen molar-refractivity contribution in [2.75, 3.05) is 20.2 Å². The zero-order valence-corrected chi connectivity index (χ0v) is 24.4. The smallest absolute Gasteiger partial charge is 0.306 e. The molecule has 3 fully saturated rings. The summed E-state index contributed by atoms with van der Waals surface area (Å²) in [7, 11) is 1.85. The van der Waals surface area contributed by atoms with Gasteiger partial charge in [-0.2, -0.15) is 0 Å². The van der Waals surface area contributed by atoms with Crippen LogP contribution >= 0.6 is 0 Å². The number of hydrogen-bond acceptors (Lipinski definition) is 6. The van der Waals surface area contributed by atoms with Gasteiger partial charge in [0.15, 0.2) is 0 Å². The lowest BCUT2D eigenvalue weighted by atomic mass is 9.90. The largest absolute Gasteiger partial charge is 0.481 e. The minimum atomic E-state index is -0.602. The number of pyridine rings is 1. The van der Waals surface area contributed by atoms with Crippen LogP contribution in [-0.2, 0) is 23.9 Å². The van der Waals surface area contributed by atoms with Gasteiger partial charge in [-0.25, -0.2) is 0 Å². The van der Waals surface area contributed by atoms with Crippen molar-refractivity contribution in [2.45, 2.75) is 109 Å². The molecule has 0 bridgehead atoms. The van der Waals surface area contributed by atoms with Crippen LogP contribution in [0.2, 0.25) is 0 Å². The van der Waals surface area contributed by atoms with Gasteiger partial charge in [0.05, 0.1) is 18.1 Å². The van der Waals surface area contributed by atoms with Crippen LogP contribution in [0.25, 0.3) is 0 Å². The van der Waals surface area contributed by atoms with E-state index in [1.165, 1.54) is 38.5 Å². The maximum atomic E-state index is 11.3. The van der Waals surface area contributed by atoms with Crippen molar-refractivity contribution in [1.82, 2.24) is 15.2 Å². The number of likely N-dealkylation sites (tertiary alicyclic amines) is 1. The second kappa shape index (κ2) is 21.8. The molecule has 10 nitrogen and oxygen atoms in total. The lowest BCUT2D eigenvalue weighted by molar-refractivity contribution is -0.142. The van der Waals surface area contributed by atoms with Crippen molar-refractivity contribution in [1.29, 1.82) is 0 Å². The Hall–Kier alpha value is -3.01. The average Bonchev–Trinajstić information content (AvgIpc) is 3.31. The molecule has 40 heavy (non-hydrogen) atoms. The summed E-state index contributed by atoms with van der Waals surface area (Å²) in [5, 5.41) is 11.0. The number of carbonyl (C=O) groups is 4. The van der Waals surface area contributed by atoms with Crippen molar-refractivity contribution in [3.63, 3.8) is 0 Å². The lowest BCUT2D eigenvalue weighted by Crippen LogP contribution is -2.22. The lowest BCUT2D eigenvalue weighted by Gasteiger charge is -2.21. The highest BCUT2D eigenvalue weighted by Gasteiger charge is 2.28. The number of nitrogens with two attached hydrogens (primary N) is 1. The van der Waals surface area contributed by atoms with Gasteiger partial charge in [-0.3, -0.25) is 24.2 Å². The molecule has 0 spiro atoms. The highest BCUT2D eigenvalue weighted by atomic mass is 16.5. The highest BCUT2D eigenvalue weighted by molar-refractivity contribution is 5.78. The van der Waals surface area contributed by atoms with Crippen LogP contribution in [0.4, 0.5) is 0 Å². The van der Waals surface area contributed by atoms with Crippen LogP contribution in [0.1, 0.15) is 108 Å². The Morgan fingerprint density at radius 1 is 1.12 bits per heavy atom. The number of amides is 3. The zero-order chi connectivity index (χ0) is 29.6. The topological polar surface area (TPSA) is 152 Å². The van der Waals surface area contributed by atoms with Gasteiger partial charge in [0.2, 0.25) is 18.2 Å². The third kappa shape index (κ3) is 15.5. The SMILES string of the molecule is CCNC=O.CN1C(=O)CCC1c1cccnc1.NC(=O)CCCOC1CCCCC1.O=C(O)C1CCCCC1. The zero-order valence-electron chi connectivity index (χ0n) is 24.4. The summed E-state index contributed by atoms with van der Waals surface area (Å²) in [5.41, 5.74) is 6.15. The van der Waals surface area contributed by atoms with Crippen LogP contribution < -0.4 is 11.1 Å². The molecule has 1 aromatic heterocycles. The predicted molar refractivity (Wildman–Crippen MR) is 154 cm³/mol. The molecule has 0 aromatic carbocycles. The number of aromatic nitrogens is 1. The molecule has 3 aliphatic rings. The number of carbonyl (C=O) groups excluding carboxylic acids is 3. The molecule has 2 saturated carbocycles. The summed E-state index contributed by atoms with van der Waals surface area (Å²) < 4.78 is 5.63. The highest BCUT2D eigenvalue weighted by Crippen LogP contribution is 2.30. The van der Waals surface area contributed by atoms with Crippen LogP contribution in [-0.4, -0.2) is 65.5 Å². The van der Waals surface area contributed by atoms with E-state index >= 15 is 0 Å². The number of rotatable bonds is 9. The third-order valence-corrected chi connectivity index (χ3v) is 7.28. The van der Waals surface area contributed by atoms with Gasteiger partial charge in [-0.15, -0.1) is 0 Å². The molecule has 1 aromatic rings. The number of nitrogens with one attached hydrogen (secondary N) is 1. The standard InChI is InChI=1S/C10H12N2O.C10H19NO2.C7H12O2.C3H7NO/c1-12-9(4-5-10(12)13)8-3-2-6-11-7-8;11-10(12)7-4-8-13-9-5-2-1-3-6-9;8-7(9)6-4-2-1-3-5-6;1-2-4-3-5/h2-3,6-7,9H,4-5H2,1H3;9H,1-8H2,(H2,11,12);6H,1-5H2,(H,8,9);3H,2H2,1H3,(H,4,5). The van der Waals surface area contributed by atoms with Crippen molar-refractivity contribution in [3.8, 4) is 0 Å². The van der Waals surface area contributed by atoms with Gasteiger partial charge < -0.3 is 25.8 Å². The Kier molecular flexibility index (Phi) is 19.1. The van der Waals surface area contributed by atoms with Gasteiger partial charge in [-0.1, -0.05) is 44.6 Å². The molecule has 1 atom stereocenters. The first-order chi connectivity index (χ1) is 19.3. The van der Waals surface area contributed by atoms with E-state index in [1.54, 1.807) is 11.1 Å². The Morgan fingerprint density at radius 2 is 1.77 bits per heavy atom. The summed E-state index contributed by atoms with van der Waals surface area (Å²) in [6, 6.07) is 4.17. The van der Waals surface area contributed by atoms with Crippen LogP contribution in [0.15, 0.2) is 24.5 Å². The monoisotopic (exact) mass is 562 g/mol. The minimum absolute atomic E-state index is 0.0289. The van der Waals surface area contributed by atoms with E-state index in [0.717, 1.165) is 50.6 Å². The summed E-state index contributed by atoms with van der Waals surface area (Å²) in [6.45, 7) is 3.28. The van der Waals surface area contributed by atoms with Gasteiger partial charge in [0.25, 0.3) is 0 Å². The molecule has 1 unspecified atom stereocenters. The molecule has 226 valence electrons. The molecule has 1 aliphatic heterocycles. The van der Waals surface area contributed by atoms with E-state index in [1.807, 2.05) is 32.3 Å². The Bertz CT molecular complexity index is 842. The molecule has 0 radical (unpaired) electrons. The third-order valence-electron chi connectivity index (χ3n) is 7.28. The molecule has 2 heterocycles. The van der Waals surface area contributed by atoms with Crippen molar-refractivity contribution in [2.24, 2.45) is 11.7 Å². The maximum Gasteiger partial charge on any atom is 0.306 e. The summed E-state index contributed by atoms with van der Waals surface area (Å²) in [4.78, 5) is 47.2. The molecule has 3 amide bonds. The predicted octanol–water partition coefficient (Wildman–Crippen LogP) is 4.38. The van der Waals surface area contributed by atoms with Crippen LogP contribution in [0.3, 0.4) is 0 Å². The molecule has 1 saturated heterocycles. The number of aliphatic carboxylic acids is 1. The van der Waals surface area contributed by atoms with E-state index < -0.39 is 5.97 Å². The second-order valence-electron chi connectivity index (χ2n) is 10.4. The molecule has 4 rings (SSSR count). The second-order valence-corrected chi connectivity index (χ2v) is 10.4. The average molecular weight is 563 g/mol. The van der Waals surface area contributed by atoms with Gasteiger partial charge in [-0.05, 0) is 57.1 Å². The summed E-state index contributed by atoms with van der Waals surface area (Å²) in [6.07, 6.45) is 19.1. The fraction of sp³-hybridized carbons (Fsp3) is 0.700. The first-order valence-electron chi connectivity index (χ1n) is 14.7. The Balaban J connectivity index is 0.000000281.